The lowest BCUT2D eigenvalue weighted by atomic mass is 9.82. The Hall–Kier alpha value is -1.57. The molecule has 0 amide bonds. The molecule has 2 heteroatoms. The zero-order chi connectivity index (χ0) is 11.1. The predicted molar refractivity (Wildman–Crippen MR) is 63.8 cm³/mol. The molecule has 0 bridgehead atoms. The first-order valence-corrected chi connectivity index (χ1v) is 5.79. The standard InChI is InChI=1S/C14H14O2/c1-9-13(15)11-7-2-3-8-12(11)16-14(9)10-5-4-6-10/h2-3,7-8,10H,4-6H2,1H3. The van der Waals surface area contributed by atoms with Crippen LogP contribution in [0.25, 0.3) is 11.0 Å². The van der Waals surface area contributed by atoms with Gasteiger partial charge in [0, 0.05) is 11.5 Å². The zero-order valence-corrected chi connectivity index (χ0v) is 9.32. The molecule has 0 radical (unpaired) electrons. The van der Waals surface area contributed by atoms with Crippen LogP contribution in [0, 0.1) is 6.92 Å². The van der Waals surface area contributed by atoms with Crippen LogP contribution >= 0.6 is 0 Å². The molecule has 0 spiro atoms. The third-order valence-corrected chi connectivity index (χ3v) is 3.54. The van der Waals surface area contributed by atoms with Crippen molar-refractivity contribution in [2.45, 2.75) is 32.1 Å². The van der Waals surface area contributed by atoms with E-state index in [0.717, 1.165) is 29.7 Å². The molecule has 1 aliphatic rings. The monoisotopic (exact) mass is 214 g/mol. The van der Waals surface area contributed by atoms with Crippen LogP contribution in [0.2, 0.25) is 0 Å². The minimum atomic E-state index is 0.128. The van der Waals surface area contributed by atoms with Gasteiger partial charge in [-0.1, -0.05) is 18.6 Å². The number of hydrogen-bond donors (Lipinski definition) is 0. The second kappa shape index (κ2) is 3.48. The lowest BCUT2D eigenvalue weighted by Gasteiger charge is -2.25. The van der Waals surface area contributed by atoms with Crippen LogP contribution in [0.5, 0.6) is 0 Å². The highest BCUT2D eigenvalue weighted by molar-refractivity contribution is 5.77. The van der Waals surface area contributed by atoms with Crippen molar-refractivity contribution in [1.82, 2.24) is 0 Å². The van der Waals surface area contributed by atoms with Crippen molar-refractivity contribution in [2.75, 3.05) is 0 Å². The molecule has 1 aromatic heterocycles. The molecule has 2 aromatic rings. The second-order valence-electron chi connectivity index (χ2n) is 4.54. The lowest BCUT2D eigenvalue weighted by molar-refractivity contribution is 0.348. The van der Waals surface area contributed by atoms with Crippen molar-refractivity contribution in [3.05, 3.63) is 45.8 Å². The van der Waals surface area contributed by atoms with E-state index in [9.17, 15) is 4.79 Å². The molecular formula is C14H14O2. The molecule has 1 saturated carbocycles. The lowest BCUT2D eigenvalue weighted by Crippen LogP contribution is -2.16. The molecule has 1 aromatic carbocycles. The van der Waals surface area contributed by atoms with Gasteiger partial charge in [-0.2, -0.15) is 0 Å². The van der Waals surface area contributed by atoms with Crippen LogP contribution in [0.1, 0.15) is 36.5 Å². The largest absolute Gasteiger partial charge is 0.460 e. The van der Waals surface area contributed by atoms with E-state index in [1.54, 1.807) is 0 Å². The van der Waals surface area contributed by atoms with E-state index in [4.69, 9.17) is 4.42 Å². The van der Waals surface area contributed by atoms with Gasteiger partial charge in [0.2, 0.25) is 0 Å². The van der Waals surface area contributed by atoms with Gasteiger partial charge in [-0.15, -0.1) is 0 Å². The van der Waals surface area contributed by atoms with Gasteiger partial charge in [-0.3, -0.25) is 4.79 Å². The third-order valence-electron chi connectivity index (χ3n) is 3.54. The number of para-hydroxylation sites is 1. The first-order chi connectivity index (χ1) is 7.77. The quantitative estimate of drug-likeness (QED) is 0.728. The minimum Gasteiger partial charge on any atom is -0.460 e. The SMILES string of the molecule is Cc1c(C2CCC2)oc2ccccc2c1=O. The van der Waals surface area contributed by atoms with Crippen molar-refractivity contribution < 1.29 is 4.42 Å². The summed E-state index contributed by atoms with van der Waals surface area (Å²) in [4.78, 5) is 12.1. The Morgan fingerprint density at radius 2 is 2.00 bits per heavy atom. The Kier molecular flexibility index (Phi) is 2.10. The van der Waals surface area contributed by atoms with Gasteiger partial charge in [-0.05, 0) is 31.9 Å². The molecule has 3 rings (SSSR count). The van der Waals surface area contributed by atoms with Crippen molar-refractivity contribution in [3.63, 3.8) is 0 Å². The van der Waals surface area contributed by atoms with Gasteiger partial charge >= 0.3 is 0 Å². The van der Waals surface area contributed by atoms with Crippen LogP contribution in [0.3, 0.4) is 0 Å². The highest BCUT2D eigenvalue weighted by Crippen LogP contribution is 2.38. The molecule has 1 heterocycles. The zero-order valence-electron chi connectivity index (χ0n) is 9.32. The van der Waals surface area contributed by atoms with Crippen LogP contribution in [-0.2, 0) is 0 Å². The molecule has 82 valence electrons. The summed E-state index contributed by atoms with van der Waals surface area (Å²) in [6.07, 6.45) is 3.56. The second-order valence-corrected chi connectivity index (χ2v) is 4.54. The van der Waals surface area contributed by atoms with Crippen molar-refractivity contribution in [1.29, 1.82) is 0 Å². The molecule has 1 aliphatic carbocycles. The predicted octanol–water partition coefficient (Wildman–Crippen LogP) is 3.37. The molecule has 0 unspecified atom stereocenters. The smallest absolute Gasteiger partial charge is 0.195 e. The van der Waals surface area contributed by atoms with Gasteiger partial charge < -0.3 is 4.42 Å². The average molecular weight is 214 g/mol. The van der Waals surface area contributed by atoms with E-state index in [1.807, 2.05) is 31.2 Å². The molecule has 0 aliphatic heterocycles. The highest BCUT2D eigenvalue weighted by Gasteiger charge is 2.25. The Morgan fingerprint density at radius 1 is 1.25 bits per heavy atom. The van der Waals surface area contributed by atoms with Crippen LogP contribution in [0.4, 0.5) is 0 Å². The summed E-state index contributed by atoms with van der Waals surface area (Å²) in [5, 5.41) is 0.697. The normalized spacial score (nSPS) is 16.3. The average Bonchev–Trinajstić information content (AvgIpc) is 2.23. The maximum Gasteiger partial charge on any atom is 0.195 e. The molecule has 0 atom stereocenters. The van der Waals surface area contributed by atoms with E-state index in [0.29, 0.717) is 11.3 Å². The first kappa shape index (κ1) is 9.64. The third kappa shape index (κ3) is 1.29. The summed E-state index contributed by atoms with van der Waals surface area (Å²) < 4.78 is 5.88. The maximum absolute atomic E-state index is 12.1. The summed E-state index contributed by atoms with van der Waals surface area (Å²) in [5.74, 6) is 1.38. The van der Waals surface area contributed by atoms with Crippen molar-refractivity contribution >= 4 is 11.0 Å². The van der Waals surface area contributed by atoms with Gasteiger partial charge in [0.15, 0.2) is 5.43 Å². The van der Waals surface area contributed by atoms with E-state index in [1.165, 1.54) is 6.42 Å². The number of benzene rings is 1. The van der Waals surface area contributed by atoms with Gasteiger partial charge in [0.05, 0.1) is 5.39 Å². The van der Waals surface area contributed by atoms with E-state index in [-0.39, 0.29) is 5.43 Å². The van der Waals surface area contributed by atoms with E-state index in [2.05, 4.69) is 0 Å². The van der Waals surface area contributed by atoms with Crippen LogP contribution < -0.4 is 5.43 Å². The maximum atomic E-state index is 12.1. The molecule has 1 fully saturated rings. The Morgan fingerprint density at radius 3 is 2.69 bits per heavy atom. The molecule has 0 N–H and O–H groups in total. The highest BCUT2D eigenvalue weighted by atomic mass is 16.3. The van der Waals surface area contributed by atoms with Gasteiger partial charge in [-0.25, -0.2) is 0 Å². The minimum absolute atomic E-state index is 0.128. The van der Waals surface area contributed by atoms with E-state index < -0.39 is 0 Å². The molecule has 2 nitrogen and oxygen atoms in total. The molecule has 16 heavy (non-hydrogen) atoms. The van der Waals surface area contributed by atoms with Crippen molar-refractivity contribution in [3.8, 4) is 0 Å². The Bertz CT molecular complexity index is 591. The molecule has 0 saturated heterocycles. The van der Waals surface area contributed by atoms with Crippen LogP contribution in [0.15, 0.2) is 33.5 Å². The number of fused-ring (bicyclic) bond motifs is 1. The van der Waals surface area contributed by atoms with Crippen LogP contribution in [-0.4, -0.2) is 0 Å². The van der Waals surface area contributed by atoms with Gasteiger partial charge in [0.1, 0.15) is 11.3 Å². The van der Waals surface area contributed by atoms with E-state index >= 15 is 0 Å². The fourth-order valence-corrected chi connectivity index (χ4v) is 2.31. The topological polar surface area (TPSA) is 30.2 Å². The molecular weight excluding hydrogens is 200 g/mol. The Balaban J connectivity index is 2.30. The fraction of sp³-hybridized carbons (Fsp3) is 0.357. The first-order valence-electron chi connectivity index (χ1n) is 5.79. The summed E-state index contributed by atoms with van der Waals surface area (Å²) >= 11 is 0. The number of hydrogen-bond acceptors (Lipinski definition) is 2. The summed E-state index contributed by atoms with van der Waals surface area (Å²) in [6, 6.07) is 7.49. The summed E-state index contributed by atoms with van der Waals surface area (Å²) in [6.45, 7) is 1.88. The van der Waals surface area contributed by atoms with Gasteiger partial charge in [0.25, 0.3) is 0 Å². The summed E-state index contributed by atoms with van der Waals surface area (Å²) in [5.41, 5.74) is 1.65. The fourth-order valence-electron chi connectivity index (χ4n) is 2.31. The Labute approximate surface area is 93.9 Å². The van der Waals surface area contributed by atoms with Crippen molar-refractivity contribution in [2.24, 2.45) is 0 Å². The summed E-state index contributed by atoms with van der Waals surface area (Å²) in [7, 11) is 0. The number of rotatable bonds is 1.